The maximum absolute atomic E-state index is 13.8. The number of rotatable bonds is 8. The molecule has 5 rings (SSSR count). The zero-order chi connectivity index (χ0) is 24.4. The Balaban J connectivity index is 1.41. The Hall–Kier alpha value is -3.67. The second kappa shape index (κ2) is 9.90. The minimum atomic E-state index is -0.461. The highest BCUT2D eigenvalue weighted by molar-refractivity contribution is 6.31. The lowest BCUT2D eigenvalue weighted by atomic mass is 9.96. The number of nitrogens with one attached hydrogen (secondary N) is 2. The van der Waals surface area contributed by atoms with Crippen molar-refractivity contribution >= 4 is 28.3 Å². The molecule has 0 bridgehead atoms. The molecule has 35 heavy (non-hydrogen) atoms. The lowest BCUT2D eigenvalue weighted by Gasteiger charge is -2.18. The molecular weight excluding hydrogens is 456 g/mol. The van der Waals surface area contributed by atoms with Gasteiger partial charge in [-0.05, 0) is 47.7 Å². The van der Waals surface area contributed by atoms with E-state index in [1.165, 1.54) is 0 Å². The van der Waals surface area contributed by atoms with Crippen molar-refractivity contribution in [1.82, 2.24) is 20.1 Å². The van der Waals surface area contributed by atoms with Crippen molar-refractivity contribution < 1.29 is 4.79 Å². The first kappa shape index (κ1) is 23.1. The van der Waals surface area contributed by atoms with E-state index in [1.807, 2.05) is 81.1 Å². The number of H-pyrrole nitrogens is 1. The number of fused-ring (bicyclic) bond motifs is 1. The molecule has 5 nitrogen and oxygen atoms in total. The molecule has 3 aromatic carbocycles. The summed E-state index contributed by atoms with van der Waals surface area (Å²) in [6.07, 6.45) is 6.37. The molecule has 0 fully saturated rings. The van der Waals surface area contributed by atoms with Gasteiger partial charge in [0.05, 0.1) is 12.2 Å². The number of carbonyl (C=O) groups excluding carboxylic acids is 1. The fourth-order valence-electron chi connectivity index (χ4n) is 4.45. The Labute approximate surface area is 209 Å². The Kier molecular flexibility index (Phi) is 6.53. The van der Waals surface area contributed by atoms with Gasteiger partial charge in [-0.1, -0.05) is 66.2 Å². The summed E-state index contributed by atoms with van der Waals surface area (Å²) in [5.41, 5.74) is 6.83. The highest BCUT2D eigenvalue weighted by Gasteiger charge is 2.24. The number of hydrogen-bond acceptors (Lipinski definition) is 3. The lowest BCUT2D eigenvalue weighted by Crippen LogP contribution is -2.30. The van der Waals surface area contributed by atoms with E-state index in [-0.39, 0.29) is 5.78 Å². The molecule has 0 aliphatic rings. The first-order valence-electron chi connectivity index (χ1n) is 11.7. The molecule has 2 N–H and O–H groups in total. The van der Waals surface area contributed by atoms with Gasteiger partial charge in [-0.15, -0.1) is 0 Å². The van der Waals surface area contributed by atoms with Crippen LogP contribution in [0.25, 0.3) is 22.0 Å². The fourth-order valence-corrected chi connectivity index (χ4v) is 4.78. The van der Waals surface area contributed by atoms with E-state index in [4.69, 9.17) is 11.6 Å². The number of ketones is 1. The number of hydrogen-bond donors (Lipinski definition) is 2. The molecular formula is C29H27ClN4O. The van der Waals surface area contributed by atoms with Gasteiger partial charge in [-0.3, -0.25) is 9.48 Å². The summed E-state index contributed by atoms with van der Waals surface area (Å²) in [7, 11) is 1.90. The van der Waals surface area contributed by atoms with Crippen LogP contribution in [0.3, 0.4) is 0 Å². The van der Waals surface area contributed by atoms with Crippen molar-refractivity contribution in [2.24, 2.45) is 7.05 Å². The number of Topliss-reactive ketones (excluding diaryl/α,β-unsaturated/α-hetero) is 1. The van der Waals surface area contributed by atoms with E-state index in [2.05, 4.69) is 33.6 Å². The Bertz CT molecular complexity index is 1490. The minimum Gasteiger partial charge on any atom is -0.360 e. The third-order valence-electron chi connectivity index (χ3n) is 6.33. The zero-order valence-corrected chi connectivity index (χ0v) is 20.5. The predicted molar refractivity (Wildman–Crippen MR) is 142 cm³/mol. The van der Waals surface area contributed by atoms with E-state index in [9.17, 15) is 4.79 Å². The van der Waals surface area contributed by atoms with Gasteiger partial charge >= 0.3 is 0 Å². The second-order valence-electron chi connectivity index (χ2n) is 8.87. The third-order valence-corrected chi connectivity index (χ3v) is 6.68. The van der Waals surface area contributed by atoms with Gasteiger partial charge < -0.3 is 10.3 Å². The van der Waals surface area contributed by atoms with Gasteiger partial charge in [0.15, 0.2) is 5.78 Å². The number of aromatic nitrogens is 3. The van der Waals surface area contributed by atoms with Crippen molar-refractivity contribution in [2.75, 3.05) is 6.54 Å². The zero-order valence-electron chi connectivity index (χ0n) is 19.8. The van der Waals surface area contributed by atoms with Crippen LogP contribution in [0.15, 0.2) is 85.3 Å². The van der Waals surface area contributed by atoms with Gasteiger partial charge in [-0.25, -0.2) is 0 Å². The molecule has 0 saturated carbocycles. The lowest BCUT2D eigenvalue weighted by molar-refractivity contribution is 0.0945. The number of nitrogens with zero attached hydrogens (tertiary/aromatic N) is 2. The van der Waals surface area contributed by atoms with Gasteiger partial charge in [0.1, 0.15) is 0 Å². The Morgan fingerprint density at radius 3 is 2.66 bits per heavy atom. The summed E-state index contributed by atoms with van der Waals surface area (Å²) in [4.78, 5) is 17.1. The van der Waals surface area contributed by atoms with Gasteiger partial charge in [0.2, 0.25) is 0 Å². The highest BCUT2D eigenvalue weighted by atomic mass is 35.5. The van der Waals surface area contributed by atoms with Crippen molar-refractivity contribution in [2.45, 2.75) is 19.4 Å². The average molecular weight is 483 g/mol. The Morgan fingerprint density at radius 1 is 1.09 bits per heavy atom. The van der Waals surface area contributed by atoms with E-state index >= 15 is 0 Å². The predicted octanol–water partition coefficient (Wildman–Crippen LogP) is 6.29. The van der Waals surface area contributed by atoms with Crippen LogP contribution in [-0.2, 0) is 13.5 Å². The van der Waals surface area contributed by atoms with Crippen molar-refractivity contribution in [3.8, 4) is 11.1 Å². The third kappa shape index (κ3) is 4.92. The standard InChI is InChI=1S/C29H27ClN4O/c1-19-8-9-20(26(30)14-19)12-13-31-28(21-6-4-3-5-7-21)29(35)25-17-32-27-15-22(10-11-24(25)27)23-16-33-34(2)18-23/h3-11,14-18,28,31-32H,12-13H2,1-2H3/t28-/m1/s1. The van der Waals surface area contributed by atoms with Crippen LogP contribution in [0.5, 0.6) is 0 Å². The summed E-state index contributed by atoms with van der Waals surface area (Å²) >= 11 is 6.43. The van der Waals surface area contributed by atoms with Crippen LogP contribution in [0, 0.1) is 6.92 Å². The molecule has 0 spiro atoms. The second-order valence-corrected chi connectivity index (χ2v) is 9.28. The summed E-state index contributed by atoms with van der Waals surface area (Å²) in [6.45, 7) is 2.65. The van der Waals surface area contributed by atoms with Crippen molar-refractivity contribution in [3.05, 3.63) is 113 Å². The van der Waals surface area contributed by atoms with Gasteiger partial charge in [0, 0.05) is 53.0 Å². The van der Waals surface area contributed by atoms with E-state index in [1.54, 1.807) is 4.68 Å². The topological polar surface area (TPSA) is 62.7 Å². The molecule has 1 atom stereocenters. The van der Waals surface area contributed by atoms with Crippen LogP contribution in [0.4, 0.5) is 0 Å². The number of carbonyl (C=O) groups is 1. The van der Waals surface area contributed by atoms with Crippen LogP contribution < -0.4 is 5.32 Å². The smallest absolute Gasteiger partial charge is 0.186 e. The molecule has 0 saturated heterocycles. The quantitative estimate of drug-likeness (QED) is 0.255. The van der Waals surface area contributed by atoms with Crippen LogP contribution >= 0.6 is 11.6 Å². The summed E-state index contributed by atoms with van der Waals surface area (Å²) in [5, 5.41) is 9.41. The molecule has 6 heteroatoms. The molecule has 5 aromatic rings. The van der Waals surface area contributed by atoms with Gasteiger partial charge in [0.25, 0.3) is 0 Å². The normalized spacial score (nSPS) is 12.2. The van der Waals surface area contributed by atoms with Crippen molar-refractivity contribution in [1.29, 1.82) is 0 Å². The SMILES string of the molecule is Cc1ccc(CCN[C@@H](C(=O)c2c[nH]c3cc(-c4cnn(C)c4)ccc23)c2ccccc2)c(Cl)c1. The van der Waals surface area contributed by atoms with Crippen molar-refractivity contribution in [3.63, 3.8) is 0 Å². The highest BCUT2D eigenvalue weighted by Crippen LogP contribution is 2.29. The molecule has 0 aliphatic heterocycles. The first-order valence-corrected chi connectivity index (χ1v) is 12.0. The molecule has 2 aromatic heterocycles. The monoisotopic (exact) mass is 482 g/mol. The summed E-state index contributed by atoms with van der Waals surface area (Å²) < 4.78 is 1.78. The number of benzene rings is 3. The molecule has 0 amide bonds. The molecule has 2 heterocycles. The van der Waals surface area contributed by atoms with E-state index < -0.39 is 6.04 Å². The van der Waals surface area contributed by atoms with Crippen LogP contribution in [-0.4, -0.2) is 27.1 Å². The number of aryl methyl sites for hydroxylation is 2. The first-order chi connectivity index (χ1) is 17.0. The average Bonchev–Trinajstić information content (AvgIpc) is 3.49. The molecule has 176 valence electrons. The summed E-state index contributed by atoms with van der Waals surface area (Å²) in [6, 6.07) is 21.6. The minimum absolute atomic E-state index is 0.0339. The Morgan fingerprint density at radius 2 is 1.91 bits per heavy atom. The fraction of sp³-hybridized carbons (Fsp3) is 0.172. The molecule has 0 unspecified atom stereocenters. The summed E-state index contributed by atoms with van der Waals surface area (Å²) in [5.74, 6) is 0.0339. The maximum atomic E-state index is 13.8. The van der Waals surface area contributed by atoms with Gasteiger partial charge in [-0.2, -0.15) is 5.10 Å². The largest absolute Gasteiger partial charge is 0.360 e. The van der Waals surface area contributed by atoms with Crippen LogP contribution in [0.1, 0.15) is 33.1 Å². The molecule has 0 aliphatic carbocycles. The van der Waals surface area contributed by atoms with E-state index in [0.717, 1.165) is 50.2 Å². The van der Waals surface area contributed by atoms with E-state index in [0.29, 0.717) is 12.1 Å². The number of halogens is 1. The van der Waals surface area contributed by atoms with Crippen LogP contribution in [0.2, 0.25) is 5.02 Å². The maximum Gasteiger partial charge on any atom is 0.186 e. The molecule has 0 radical (unpaired) electrons. The number of aromatic amines is 1.